The minimum Gasteiger partial charge on any atom is -0.462 e. The number of aromatic amines is 1. The van der Waals surface area contributed by atoms with E-state index in [2.05, 4.69) is 21.5 Å². The van der Waals surface area contributed by atoms with Crippen LogP contribution in [0.4, 0.5) is 0 Å². The molecule has 0 aromatic carbocycles. The molecule has 7 nitrogen and oxygen atoms in total. The van der Waals surface area contributed by atoms with Crippen LogP contribution in [0.1, 0.15) is 54.9 Å². The first-order chi connectivity index (χ1) is 12.3. The van der Waals surface area contributed by atoms with E-state index in [0.29, 0.717) is 23.9 Å². The maximum atomic E-state index is 12.7. The molecule has 2 rings (SSSR count). The molecule has 1 aromatic rings. The third-order valence-electron chi connectivity index (χ3n) is 4.75. The third-order valence-corrected chi connectivity index (χ3v) is 6.38. The SMILES string of the molecule is CCOC(=O)c1c(C)[nH]c(C)c1S(=O)(=O)NCCCN1CCC[C@@H](C)C1. The summed E-state index contributed by atoms with van der Waals surface area (Å²) in [4.78, 5) is 17.5. The Morgan fingerprint density at radius 2 is 2.08 bits per heavy atom. The average molecular weight is 386 g/mol. The van der Waals surface area contributed by atoms with Crippen molar-refractivity contribution < 1.29 is 17.9 Å². The molecule has 1 fully saturated rings. The van der Waals surface area contributed by atoms with Crippen LogP contribution in [0.3, 0.4) is 0 Å². The fraction of sp³-hybridized carbons (Fsp3) is 0.722. The average Bonchev–Trinajstić information content (AvgIpc) is 2.87. The van der Waals surface area contributed by atoms with Crippen LogP contribution in [0.2, 0.25) is 0 Å². The largest absolute Gasteiger partial charge is 0.462 e. The van der Waals surface area contributed by atoms with Gasteiger partial charge in [-0.2, -0.15) is 0 Å². The molecule has 0 radical (unpaired) electrons. The van der Waals surface area contributed by atoms with E-state index in [1.165, 1.54) is 12.8 Å². The highest BCUT2D eigenvalue weighted by molar-refractivity contribution is 7.89. The molecule has 0 unspecified atom stereocenters. The van der Waals surface area contributed by atoms with Crippen molar-refractivity contribution in [2.75, 3.05) is 32.8 Å². The Kier molecular flexibility index (Phi) is 7.25. The van der Waals surface area contributed by atoms with E-state index in [9.17, 15) is 13.2 Å². The van der Waals surface area contributed by atoms with E-state index in [4.69, 9.17) is 4.74 Å². The molecule has 26 heavy (non-hydrogen) atoms. The summed E-state index contributed by atoms with van der Waals surface area (Å²) in [6, 6.07) is 0. The lowest BCUT2D eigenvalue weighted by Gasteiger charge is -2.30. The second-order valence-electron chi connectivity index (χ2n) is 7.10. The lowest BCUT2D eigenvalue weighted by Crippen LogP contribution is -2.36. The monoisotopic (exact) mass is 385 g/mol. The zero-order valence-corrected chi connectivity index (χ0v) is 17.0. The molecule has 1 aliphatic heterocycles. The molecule has 148 valence electrons. The summed E-state index contributed by atoms with van der Waals surface area (Å²) in [5.41, 5.74) is 1.05. The predicted octanol–water partition coefficient (Wildman–Crippen LogP) is 2.21. The van der Waals surface area contributed by atoms with Crippen LogP contribution in [-0.2, 0) is 14.8 Å². The molecule has 2 heterocycles. The molecule has 1 aliphatic rings. The molecule has 0 amide bonds. The van der Waals surface area contributed by atoms with Gasteiger partial charge in [-0.1, -0.05) is 6.92 Å². The molecule has 0 aliphatic carbocycles. The van der Waals surface area contributed by atoms with Gasteiger partial charge in [-0.05, 0) is 59.0 Å². The molecule has 0 bridgehead atoms. The van der Waals surface area contributed by atoms with Crippen molar-refractivity contribution in [3.8, 4) is 0 Å². The second-order valence-corrected chi connectivity index (χ2v) is 8.80. The number of H-pyrrole nitrogens is 1. The molecular formula is C18H31N3O4S. The summed E-state index contributed by atoms with van der Waals surface area (Å²) in [5.74, 6) is 0.0927. The van der Waals surface area contributed by atoms with Gasteiger partial charge >= 0.3 is 5.97 Å². The van der Waals surface area contributed by atoms with Crippen molar-refractivity contribution in [2.24, 2.45) is 5.92 Å². The number of hydrogen-bond donors (Lipinski definition) is 2. The molecule has 1 aromatic heterocycles. The van der Waals surface area contributed by atoms with Crippen molar-refractivity contribution in [3.63, 3.8) is 0 Å². The van der Waals surface area contributed by atoms with Crippen LogP contribution >= 0.6 is 0 Å². The Labute approximate surface area is 156 Å². The minimum absolute atomic E-state index is 0.0000414. The Morgan fingerprint density at radius 3 is 2.73 bits per heavy atom. The smallest absolute Gasteiger partial charge is 0.341 e. The van der Waals surface area contributed by atoms with Gasteiger partial charge in [-0.15, -0.1) is 0 Å². The number of esters is 1. The van der Waals surface area contributed by atoms with Crippen LogP contribution in [0.5, 0.6) is 0 Å². The first-order valence-electron chi connectivity index (χ1n) is 9.34. The Bertz CT molecular complexity index is 727. The summed E-state index contributed by atoms with van der Waals surface area (Å²) < 4.78 is 33.1. The molecule has 2 N–H and O–H groups in total. The van der Waals surface area contributed by atoms with Gasteiger partial charge in [0.2, 0.25) is 10.0 Å². The summed E-state index contributed by atoms with van der Waals surface area (Å²) in [7, 11) is -3.78. The van der Waals surface area contributed by atoms with Crippen LogP contribution < -0.4 is 4.72 Å². The number of hydrogen-bond acceptors (Lipinski definition) is 5. The van der Waals surface area contributed by atoms with Gasteiger partial charge < -0.3 is 14.6 Å². The summed E-state index contributed by atoms with van der Waals surface area (Å²) in [6.07, 6.45) is 3.21. The number of nitrogens with one attached hydrogen (secondary N) is 2. The van der Waals surface area contributed by atoms with E-state index in [-0.39, 0.29) is 17.1 Å². The van der Waals surface area contributed by atoms with Crippen molar-refractivity contribution >= 4 is 16.0 Å². The first kappa shape index (κ1) is 20.9. The van der Waals surface area contributed by atoms with Crippen LogP contribution in [0, 0.1) is 19.8 Å². The number of rotatable bonds is 8. The number of likely N-dealkylation sites (tertiary alicyclic amines) is 1. The fourth-order valence-corrected chi connectivity index (χ4v) is 5.13. The highest BCUT2D eigenvalue weighted by Crippen LogP contribution is 2.24. The van der Waals surface area contributed by atoms with E-state index >= 15 is 0 Å². The fourth-order valence-electron chi connectivity index (χ4n) is 3.61. The molecule has 8 heteroatoms. The molecule has 1 atom stereocenters. The van der Waals surface area contributed by atoms with E-state index in [1.54, 1.807) is 20.8 Å². The first-order valence-corrected chi connectivity index (χ1v) is 10.8. The van der Waals surface area contributed by atoms with Crippen molar-refractivity contribution in [2.45, 2.75) is 51.9 Å². The Balaban J connectivity index is 2.00. The maximum Gasteiger partial charge on any atom is 0.341 e. The number of aryl methyl sites for hydroxylation is 2. The van der Waals surface area contributed by atoms with Gasteiger partial charge in [-0.3, -0.25) is 0 Å². The van der Waals surface area contributed by atoms with E-state index in [0.717, 1.165) is 26.1 Å². The van der Waals surface area contributed by atoms with Gasteiger partial charge in [0.1, 0.15) is 10.5 Å². The highest BCUT2D eigenvalue weighted by atomic mass is 32.2. The zero-order valence-electron chi connectivity index (χ0n) is 16.2. The number of ether oxygens (including phenoxy) is 1. The standard InChI is InChI=1S/C18H31N3O4S/c1-5-25-18(22)16-14(3)20-15(4)17(16)26(23,24)19-9-7-11-21-10-6-8-13(2)12-21/h13,19-20H,5-12H2,1-4H3/t13-/m1/s1. The number of sulfonamides is 1. The van der Waals surface area contributed by atoms with Crippen molar-refractivity contribution in [3.05, 3.63) is 17.0 Å². The maximum absolute atomic E-state index is 12.7. The van der Waals surface area contributed by atoms with Gasteiger partial charge in [0.05, 0.1) is 6.61 Å². The number of carbonyl (C=O) groups excluding carboxylic acids is 1. The minimum atomic E-state index is -3.78. The zero-order chi connectivity index (χ0) is 19.3. The third kappa shape index (κ3) is 5.08. The van der Waals surface area contributed by atoms with E-state index < -0.39 is 16.0 Å². The second kappa shape index (κ2) is 9.01. The number of aromatic nitrogens is 1. The van der Waals surface area contributed by atoms with Crippen molar-refractivity contribution in [1.29, 1.82) is 0 Å². The lowest BCUT2D eigenvalue weighted by atomic mass is 10.0. The van der Waals surface area contributed by atoms with Gasteiger partial charge in [0, 0.05) is 24.5 Å². The Hall–Kier alpha value is -1.38. The molecule has 1 saturated heterocycles. The summed E-state index contributed by atoms with van der Waals surface area (Å²) >= 11 is 0. The number of carbonyl (C=O) groups is 1. The normalized spacial score (nSPS) is 18.8. The molecule has 0 saturated carbocycles. The van der Waals surface area contributed by atoms with Crippen molar-refractivity contribution in [1.82, 2.24) is 14.6 Å². The van der Waals surface area contributed by atoms with Crippen LogP contribution in [0.15, 0.2) is 4.90 Å². The lowest BCUT2D eigenvalue weighted by molar-refractivity contribution is 0.0521. The van der Waals surface area contributed by atoms with Gasteiger partial charge in [0.15, 0.2) is 0 Å². The highest BCUT2D eigenvalue weighted by Gasteiger charge is 2.29. The summed E-state index contributed by atoms with van der Waals surface area (Å²) in [5, 5.41) is 0. The number of nitrogens with zero attached hydrogens (tertiary/aromatic N) is 1. The van der Waals surface area contributed by atoms with Crippen LogP contribution in [-0.4, -0.2) is 57.1 Å². The van der Waals surface area contributed by atoms with Crippen LogP contribution in [0.25, 0.3) is 0 Å². The predicted molar refractivity (Wildman–Crippen MR) is 101 cm³/mol. The molecule has 0 spiro atoms. The number of piperidine rings is 1. The Morgan fingerprint density at radius 1 is 1.35 bits per heavy atom. The molecular weight excluding hydrogens is 354 g/mol. The van der Waals surface area contributed by atoms with Gasteiger partial charge in [0.25, 0.3) is 0 Å². The quantitative estimate of drug-likeness (QED) is 0.529. The van der Waals surface area contributed by atoms with Gasteiger partial charge in [-0.25, -0.2) is 17.9 Å². The topological polar surface area (TPSA) is 91.5 Å². The van der Waals surface area contributed by atoms with E-state index in [1.807, 2.05) is 0 Å². The summed E-state index contributed by atoms with van der Waals surface area (Å²) in [6.45, 7) is 10.9.